The molecule has 0 aliphatic heterocycles. The highest BCUT2D eigenvalue weighted by molar-refractivity contribution is 6.29. The quantitative estimate of drug-likeness (QED) is 0.392. The lowest BCUT2D eigenvalue weighted by Gasteiger charge is -2.20. The maximum absolute atomic E-state index is 13.0. The molecule has 0 unspecified atom stereocenters. The van der Waals surface area contributed by atoms with Gasteiger partial charge < -0.3 is 14.2 Å². The third-order valence-electron chi connectivity index (χ3n) is 4.74. The van der Waals surface area contributed by atoms with Crippen LogP contribution >= 0.6 is 0 Å². The molecule has 4 rings (SSSR count). The molecule has 1 aliphatic carbocycles. The first-order valence-electron chi connectivity index (χ1n) is 8.81. The van der Waals surface area contributed by atoms with Gasteiger partial charge in [-0.1, -0.05) is 42.5 Å². The molecule has 0 saturated heterocycles. The number of ketones is 2. The molecule has 29 heavy (non-hydrogen) atoms. The number of esters is 1. The van der Waals surface area contributed by atoms with Gasteiger partial charge in [-0.25, -0.2) is 4.79 Å². The van der Waals surface area contributed by atoms with Crippen LogP contribution in [0.25, 0.3) is 0 Å². The van der Waals surface area contributed by atoms with Crippen LogP contribution in [-0.2, 0) is 0 Å². The second-order valence-electron chi connectivity index (χ2n) is 6.31. The van der Waals surface area contributed by atoms with E-state index in [4.69, 9.17) is 14.2 Å². The minimum absolute atomic E-state index is 0.0187. The van der Waals surface area contributed by atoms with E-state index in [0.29, 0.717) is 11.3 Å². The Morgan fingerprint density at radius 3 is 2.00 bits per heavy atom. The van der Waals surface area contributed by atoms with Crippen molar-refractivity contribution in [3.63, 3.8) is 0 Å². The van der Waals surface area contributed by atoms with Crippen molar-refractivity contribution in [3.8, 4) is 17.2 Å². The molecule has 1 aliphatic rings. The van der Waals surface area contributed by atoms with Crippen molar-refractivity contribution in [3.05, 3.63) is 88.5 Å². The summed E-state index contributed by atoms with van der Waals surface area (Å²) < 4.78 is 16.0. The summed E-state index contributed by atoms with van der Waals surface area (Å²) in [6.07, 6.45) is 0. The Morgan fingerprint density at radius 2 is 1.31 bits per heavy atom. The Morgan fingerprint density at radius 1 is 0.690 bits per heavy atom. The summed E-state index contributed by atoms with van der Waals surface area (Å²) in [6.45, 7) is 0. The van der Waals surface area contributed by atoms with Gasteiger partial charge in [-0.05, 0) is 18.2 Å². The summed E-state index contributed by atoms with van der Waals surface area (Å²) in [4.78, 5) is 38.7. The molecule has 6 heteroatoms. The fourth-order valence-electron chi connectivity index (χ4n) is 3.40. The molecule has 3 aromatic carbocycles. The molecular weight excluding hydrogens is 372 g/mol. The number of hydrogen-bond donors (Lipinski definition) is 0. The van der Waals surface area contributed by atoms with Crippen molar-refractivity contribution in [2.24, 2.45) is 0 Å². The summed E-state index contributed by atoms with van der Waals surface area (Å²) in [6, 6.07) is 16.0. The lowest BCUT2D eigenvalue weighted by atomic mass is 9.83. The van der Waals surface area contributed by atoms with Crippen molar-refractivity contribution in [2.45, 2.75) is 0 Å². The third kappa shape index (κ3) is 2.95. The van der Waals surface area contributed by atoms with E-state index in [1.54, 1.807) is 48.5 Å². The SMILES string of the molecule is COc1cccc(C(=O)Oc2cccc3c2C(=O)c2ccccc2C3=O)c1OC. The van der Waals surface area contributed by atoms with Crippen molar-refractivity contribution >= 4 is 17.5 Å². The van der Waals surface area contributed by atoms with Gasteiger partial charge in [0, 0.05) is 16.7 Å². The average Bonchev–Trinajstić information content (AvgIpc) is 2.76. The smallest absolute Gasteiger partial charge is 0.347 e. The molecule has 0 amide bonds. The second kappa shape index (κ2) is 7.24. The average molecular weight is 388 g/mol. The standard InChI is InChI=1S/C23H16O6/c1-27-18-12-6-10-16(22(18)28-2)23(26)29-17-11-5-9-15-19(17)21(25)14-8-4-3-7-13(14)20(15)24/h3-12H,1-2H3. The van der Waals surface area contributed by atoms with Crippen molar-refractivity contribution in [1.29, 1.82) is 0 Å². The fraction of sp³-hybridized carbons (Fsp3) is 0.0870. The number of hydrogen-bond acceptors (Lipinski definition) is 6. The molecular formula is C23H16O6. The Labute approximate surface area is 166 Å². The van der Waals surface area contributed by atoms with E-state index in [1.165, 1.54) is 26.4 Å². The first-order valence-corrected chi connectivity index (χ1v) is 8.81. The third-order valence-corrected chi connectivity index (χ3v) is 4.74. The van der Waals surface area contributed by atoms with Crippen LogP contribution in [0.4, 0.5) is 0 Å². The van der Waals surface area contributed by atoms with E-state index in [2.05, 4.69) is 0 Å². The van der Waals surface area contributed by atoms with Gasteiger partial charge in [-0.3, -0.25) is 9.59 Å². The lowest BCUT2D eigenvalue weighted by Crippen LogP contribution is -2.22. The Balaban J connectivity index is 1.77. The molecule has 0 heterocycles. The van der Waals surface area contributed by atoms with Gasteiger partial charge in [0.1, 0.15) is 11.3 Å². The van der Waals surface area contributed by atoms with Crippen LogP contribution < -0.4 is 14.2 Å². The van der Waals surface area contributed by atoms with Crippen LogP contribution in [0.15, 0.2) is 60.7 Å². The van der Waals surface area contributed by atoms with Crippen molar-refractivity contribution in [1.82, 2.24) is 0 Å². The van der Waals surface area contributed by atoms with Crippen molar-refractivity contribution < 1.29 is 28.6 Å². The molecule has 0 bridgehead atoms. The molecule has 0 fully saturated rings. The van der Waals surface area contributed by atoms with Gasteiger partial charge in [-0.15, -0.1) is 0 Å². The summed E-state index contributed by atoms with van der Waals surface area (Å²) in [5, 5.41) is 0. The van der Waals surface area contributed by atoms with Crippen LogP contribution in [0.5, 0.6) is 17.2 Å². The Hall–Kier alpha value is -3.93. The lowest BCUT2D eigenvalue weighted by molar-refractivity contribution is 0.0727. The van der Waals surface area contributed by atoms with Crippen LogP contribution in [0.1, 0.15) is 42.2 Å². The predicted molar refractivity (Wildman–Crippen MR) is 104 cm³/mol. The zero-order chi connectivity index (χ0) is 20.5. The van der Waals surface area contributed by atoms with Gasteiger partial charge in [0.25, 0.3) is 0 Å². The molecule has 6 nitrogen and oxygen atoms in total. The van der Waals surface area contributed by atoms with Crippen LogP contribution in [0.2, 0.25) is 0 Å². The van der Waals surface area contributed by atoms with E-state index in [-0.39, 0.29) is 45.3 Å². The largest absolute Gasteiger partial charge is 0.493 e. The number of fused-ring (bicyclic) bond motifs is 2. The Bertz CT molecular complexity index is 1160. The fourth-order valence-corrected chi connectivity index (χ4v) is 3.40. The number of rotatable bonds is 4. The molecule has 0 saturated carbocycles. The maximum Gasteiger partial charge on any atom is 0.347 e. The minimum atomic E-state index is -0.728. The zero-order valence-electron chi connectivity index (χ0n) is 15.7. The van der Waals surface area contributed by atoms with Crippen LogP contribution in [0, 0.1) is 0 Å². The Kier molecular flexibility index (Phi) is 4.60. The van der Waals surface area contributed by atoms with Crippen LogP contribution in [-0.4, -0.2) is 31.8 Å². The molecule has 0 atom stereocenters. The first kappa shape index (κ1) is 18.4. The molecule has 0 spiro atoms. The number of carbonyl (C=O) groups is 3. The van der Waals surface area contributed by atoms with Crippen molar-refractivity contribution in [2.75, 3.05) is 14.2 Å². The zero-order valence-corrected chi connectivity index (χ0v) is 15.7. The molecule has 0 aromatic heterocycles. The number of benzene rings is 3. The normalized spacial score (nSPS) is 12.1. The highest BCUT2D eigenvalue weighted by Crippen LogP contribution is 2.35. The van der Waals surface area contributed by atoms with E-state index >= 15 is 0 Å². The number of methoxy groups -OCH3 is 2. The van der Waals surface area contributed by atoms with Gasteiger partial charge in [0.2, 0.25) is 0 Å². The van der Waals surface area contributed by atoms with E-state index in [9.17, 15) is 14.4 Å². The summed E-state index contributed by atoms with van der Waals surface area (Å²) in [7, 11) is 2.88. The summed E-state index contributed by atoms with van der Waals surface area (Å²) >= 11 is 0. The molecule has 144 valence electrons. The van der Waals surface area contributed by atoms with Gasteiger partial charge >= 0.3 is 5.97 Å². The second-order valence-corrected chi connectivity index (χ2v) is 6.31. The van der Waals surface area contributed by atoms with Gasteiger partial charge in [-0.2, -0.15) is 0 Å². The maximum atomic E-state index is 13.0. The molecule has 3 aromatic rings. The number of carbonyl (C=O) groups excluding carboxylic acids is 3. The van der Waals surface area contributed by atoms with E-state index in [1.807, 2.05) is 0 Å². The van der Waals surface area contributed by atoms with E-state index in [0.717, 1.165) is 0 Å². The van der Waals surface area contributed by atoms with E-state index < -0.39 is 5.97 Å². The van der Waals surface area contributed by atoms with Crippen LogP contribution in [0.3, 0.4) is 0 Å². The number of ether oxygens (including phenoxy) is 3. The molecule has 0 radical (unpaired) electrons. The highest BCUT2D eigenvalue weighted by Gasteiger charge is 2.33. The van der Waals surface area contributed by atoms with Gasteiger partial charge in [0.05, 0.1) is 19.8 Å². The topological polar surface area (TPSA) is 78.9 Å². The first-order chi connectivity index (χ1) is 14.1. The predicted octanol–water partition coefficient (Wildman–Crippen LogP) is 3.70. The summed E-state index contributed by atoms with van der Waals surface area (Å²) in [5.74, 6) is -0.767. The molecule has 0 N–H and O–H groups in total. The summed E-state index contributed by atoms with van der Waals surface area (Å²) in [5.41, 5.74) is 1.04. The highest BCUT2D eigenvalue weighted by atomic mass is 16.5. The van der Waals surface area contributed by atoms with Gasteiger partial charge in [0.15, 0.2) is 23.1 Å². The number of para-hydroxylation sites is 1. The minimum Gasteiger partial charge on any atom is -0.493 e. The monoisotopic (exact) mass is 388 g/mol.